The standard InChI is InChI=1S/C16H10Cl2FN3O2S/c17-8-1-3-11(18)14(5-8)24-13-4-2-9(6-12(13)19)22-16(25)10(7-20)15(21)23/h1-6,10H,(H2,21,23)(H,22,25). The molecule has 0 saturated heterocycles. The fraction of sp³-hybridized carbons (Fsp3) is 0.0625. The Labute approximate surface area is 158 Å². The summed E-state index contributed by atoms with van der Waals surface area (Å²) in [4.78, 5) is 11.0. The summed E-state index contributed by atoms with van der Waals surface area (Å²) in [5.41, 5.74) is 5.29. The van der Waals surface area contributed by atoms with Gasteiger partial charge in [-0.2, -0.15) is 5.26 Å². The van der Waals surface area contributed by atoms with Crippen molar-refractivity contribution in [3.63, 3.8) is 0 Å². The number of carbonyl (C=O) groups excluding carboxylic acids is 1. The number of primary amides is 1. The number of hydrogen-bond acceptors (Lipinski definition) is 4. The highest BCUT2D eigenvalue weighted by atomic mass is 35.5. The fourth-order valence-electron chi connectivity index (χ4n) is 1.80. The molecule has 0 aromatic heterocycles. The van der Waals surface area contributed by atoms with Crippen LogP contribution in [0.3, 0.4) is 0 Å². The average Bonchev–Trinajstić information content (AvgIpc) is 2.53. The lowest BCUT2D eigenvalue weighted by atomic mass is 10.1. The van der Waals surface area contributed by atoms with Crippen molar-refractivity contribution in [2.45, 2.75) is 0 Å². The van der Waals surface area contributed by atoms with Crippen molar-refractivity contribution in [3.05, 3.63) is 52.3 Å². The van der Waals surface area contributed by atoms with Crippen molar-refractivity contribution >= 4 is 52.0 Å². The average molecular weight is 398 g/mol. The fourth-order valence-corrected chi connectivity index (χ4v) is 2.41. The molecule has 0 aliphatic rings. The molecular weight excluding hydrogens is 388 g/mol. The number of hydrogen-bond donors (Lipinski definition) is 2. The van der Waals surface area contributed by atoms with Crippen LogP contribution < -0.4 is 15.8 Å². The van der Waals surface area contributed by atoms with Crippen LogP contribution in [0.1, 0.15) is 0 Å². The molecule has 0 spiro atoms. The predicted molar refractivity (Wildman–Crippen MR) is 97.5 cm³/mol. The van der Waals surface area contributed by atoms with Gasteiger partial charge in [-0.05, 0) is 24.3 Å². The minimum absolute atomic E-state index is 0.0904. The van der Waals surface area contributed by atoms with Gasteiger partial charge in [-0.15, -0.1) is 0 Å². The number of amides is 1. The summed E-state index contributed by atoms with van der Waals surface area (Å²) in [6.45, 7) is 0. The Hall–Kier alpha value is -2.40. The first-order valence-corrected chi connectivity index (χ1v) is 7.90. The first-order valence-electron chi connectivity index (χ1n) is 6.74. The number of anilines is 1. The maximum atomic E-state index is 14.2. The second-order valence-corrected chi connectivity index (χ2v) is 6.06. The number of nitrogens with zero attached hydrogens (tertiary/aromatic N) is 1. The van der Waals surface area contributed by atoms with Gasteiger partial charge >= 0.3 is 0 Å². The maximum Gasteiger partial charge on any atom is 0.241 e. The largest absolute Gasteiger partial charge is 0.453 e. The minimum atomic E-state index is -1.31. The van der Waals surface area contributed by atoms with Crippen LogP contribution in [-0.4, -0.2) is 10.9 Å². The van der Waals surface area contributed by atoms with Crippen LogP contribution in [0.5, 0.6) is 11.5 Å². The van der Waals surface area contributed by atoms with Crippen molar-refractivity contribution in [2.24, 2.45) is 11.7 Å². The Morgan fingerprint density at radius 3 is 2.60 bits per heavy atom. The first-order chi connectivity index (χ1) is 11.8. The summed E-state index contributed by atoms with van der Waals surface area (Å²) in [5, 5.41) is 12.1. The van der Waals surface area contributed by atoms with Crippen LogP contribution in [0, 0.1) is 23.1 Å². The Morgan fingerprint density at radius 2 is 2.00 bits per heavy atom. The van der Waals surface area contributed by atoms with E-state index in [1.54, 1.807) is 12.1 Å². The van der Waals surface area contributed by atoms with E-state index in [-0.39, 0.29) is 27.2 Å². The highest BCUT2D eigenvalue weighted by Gasteiger charge is 2.20. The number of halogens is 3. The first kappa shape index (κ1) is 18.9. The molecule has 3 N–H and O–H groups in total. The molecule has 25 heavy (non-hydrogen) atoms. The van der Waals surface area contributed by atoms with Gasteiger partial charge in [-0.1, -0.05) is 35.4 Å². The zero-order chi connectivity index (χ0) is 18.6. The van der Waals surface area contributed by atoms with Gasteiger partial charge in [0, 0.05) is 22.8 Å². The molecule has 1 atom stereocenters. The summed E-state index contributed by atoms with van der Waals surface area (Å²) in [6, 6.07) is 10.1. The third-order valence-corrected chi connectivity index (χ3v) is 3.87. The molecule has 2 aromatic rings. The van der Waals surface area contributed by atoms with E-state index >= 15 is 0 Å². The number of nitriles is 1. The third-order valence-electron chi connectivity index (χ3n) is 2.99. The van der Waals surface area contributed by atoms with Crippen LogP contribution in [0.15, 0.2) is 36.4 Å². The Bertz CT molecular complexity index is 886. The van der Waals surface area contributed by atoms with Gasteiger partial charge in [0.25, 0.3) is 0 Å². The number of thiocarbonyl (C=S) groups is 1. The highest BCUT2D eigenvalue weighted by molar-refractivity contribution is 7.80. The molecule has 9 heteroatoms. The van der Waals surface area contributed by atoms with Crippen LogP contribution in [0.2, 0.25) is 10.0 Å². The summed E-state index contributed by atoms with van der Waals surface area (Å²) in [7, 11) is 0. The van der Waals surface area contributed by atoms with Crippen molar-refractivity contribution in [3.8, 4) is 17.6 Å². The molecule has 0 heterocycles. The number of rotatable bonds is 5. The molecule has 5 nitrogen and oxygen atoms in total. The van der Waals surface area contributed by atoms with E-state index in [0.717, 1.165) is 6.07 Å². The Morgan fingerprint density at radius 1 is 1.28 bits per heavy atom. The lowest BCUT2D eigenvalue weighted by Crippen LogP contribution is -2.32. The molecule has 1 amide bonds. The molecule has 128 valence electrons. The lowest BCUT2D eigenvalue weighted by molar-refractivity contribution is -0.118. The van der Waals surface area contributed by atoms with Crippen molar-refractivity contribution < 1.29 is 13.9 Å². The smallest absolute Gasteiger partial charge is 0.241 e. The minimum Gasteiger partial charge on any atom is -0.453 e. The monoisotopic (exact) mass is 397 g/mol. The van der Waals surface area contributed by atoms with Crippen LogP contribution in [0.4, 0.5) is 10.1 Å². The molecule has 0 radical (unpaired) electrons. The molecular formula is C16H10Cl2FN3O2S. The van der Waals surface area contributed by atoms with E-state index in [9.17, 15) is 9.18 Å². The number of nitrogens with one attached hydrogen (secondary N) is 1. The number of nitrogens with two attached hydrogens (primary N) is 1. The van der Waals surface area contributed by atoms with E-state index in [0.29, 0.717) is 5.02 Å². The van der Waals surface area contributed by atoms with E-state index in [1.807, 2.05) is 0 Å². The van der Waals surface area contributed by atoms with Gasteiger partial charge in [0.2, 0.25) is 5.91 Å². The van der Waals surface area contributed by atoms with E-state index in [4.69, 9.17) is 51.2 Å². The number of benzene rings is 2. The maximum absolute atomic E-state index is 14.2. The molecule has 0 aliphatic heterocycles. The van der Waals surface area contributed by atoms with Gasteiger partial charge < -0.3 is 15.8 Å². The summed E-state index contributed by atoms with van der Waals surface area (Å²) in [6.07, 6.45) is 0. The second kappa shape index (κ2) is 8.12. The van der Waals surface area contributed by atoms with Gasteiger partial charge in [-0.3, -0.25) is 4.79 Å². The van der Waals surface area contributed by atoms with E-state index in [1.165, 1.54) is 24.3 Å². The summed E-state index contributed by atoms with van der Waals surface area (Å²) >= 11 is 16.7. The zero-order valence-corrected chi connectivity index (χ0v) is 14.8. The summed E-state index contributed by atoms with van der Waals surface area (Å²) < 4.78 is 19.6. The van der Waals surface area contributed by atoms with Crippen molar-refractivity contribution in [1.29, 1.82) is 5.26 Å². The van der Waals surface area contributed by atoms with Crippen molar-refractivity contribution in [2.75, 3.05) is 5.32 Å². The topological polar surface area (TPSA) is 88.1 Å². The summed E-state index contributed by atoms with van der Waals surface area (Å²) in [5.74, 6) is -2.80. The van der Waals surface area contributed by atoms with E-state index < -0.39 is 17.6 Å². The van der Waals surface area contributed by atoms with Gasteiger partial charge in [0.15, 0.2) is 17.5 Å². The van der Waals surface area contributed by atoms with Gasteiger partial charge in [-0.25, -0.2) is 4.39 Å². The number of ether oxygens (including phenoxy) is 1. The molecule has 0 saturated carbocycles. The highest BCUT2D eigenvalue weighted by Crippen LogP contribution is 2.33. The normalized spacial score (nSPS) is 11.3. The van der Waals surface area contributed by atoms with Crippen LogP contribution in [-0.2, 0) is 4.79 Å². The lowest BCUT2D eigenvalue weighted by Gasteiger charge is -2.13. The van der Waals surface area contributed by atoms with Crippen LogP contribution in [0.25, 0.3) is 0 Å². The molecule has 0 bridgehead atoms. The second-order valence-electron chi connectivity index (χ2n) is 4.78. The Balaban J connectivity index is 2.18. The molecule has 2 aromatic carbocycles. The third kappa shape index (κ3) is 4.79. The SMILES string of the molecule is N#CC(C(N)=O)C(=S)Nc1ccc(Oc2cc(Cl)ccc2Cl)c(F)c1. The van der Waals surface area contributed by atoms with Gasteiger partial charge in [0.05, 0.1) is 11.1 Å². The molecule has 2 rings (SSSR count). The quantitative estimate of drug-likeness (QED) is 0.734. The molecule has 0 aliphatic carbocycles. The zero-order valence-electron chi connectivity index (χ0n) is 12.4. The Kier molecular flexibility index (Phi) is 6.15. The predicted octanol–water partition coefficient (Wildman–Crippen LogP) is 4.29. The molecule has 1 unspecified atom stereocenters. The van der Waals surface area contributed by atoms with E-state index in [2.05, 4.69) is 5.32 Å². The van der Waals surface area contributed by atoms with Crippen LogP contribution >= 0.6 is 35.4 Å². The number of carbonyl (C=O) groups is 1. The molecule has 0 fully saturated rings. The van der Waals surface area contributed by atoms with Crippen molar-refractivity contribution in [1.82, 2.24) is 0 Å². The van der Waals surface area contributed by atoms with Gasteiger partial charge in [0.1, 0.15) is 10.7 Å².